The lowest BCUT2D eigenvalue weighted by Gasteiger charge is -2.44. The van der Waals surface area contributed by atoms with Gasteiger partial charge in [0, 0.05) is 18.5 Å². The van der Waals surface area contributed by atoms with E-state index in [9.17, 15) is 9.90 Å². The molecule has 0 radical (unpaired) electrons. The second-order valence-electron chi connectivity index (χ2n) is 4.57. The molecule has 0 aromatic heterocycles. The molecule has 1 fully saturated rings. The van der Waals surface area contributed by atoms with Gasteiger partial charge < -0.3 is 10.0 Å². The van der Waals surface area contributed by atoms with E-state index >= 15 is 0 Å². The molecule has 0 aliphatic carbocycles. The van der Waals surface area contributed by atoms with Crippen LogP contribution in [0.25, 0.3) is 0 Å². The number of nitrogens with zero attached hydrogens (tertiary/aromatic N) is 1. The Hall–Kier alpha value is -0.570. The van der Waals surface area contributed by atoms with Crippen LogP contribution in [0.2, 0.25) is 0 Å². The second kappa shape index (κ2) is 3.29. The average molecular weight is 185 g/mol. The van der Waals surface area contributed by atoms with Crippen LogP contribution in [0, 0.1) is 11.3 Å². The molecule has 0 aromatic carbocycles. The fourth-order valence-corrected chi connectivity index (χ4v) is 2.03. The smallest absolute Gasteiger partial charge is 0.228 e. The van der Waals surface area contributed by atoms with Crippen molar-refractivity contribution in [1.82, 2.24) is 4.90 Å². The summed E-state index contributed by atoms with van der Waals surface area (Å²) in [6, 6.07) is 0. The quantitative estimate of drug-likeness (QED) is 0.658. The van der Waals surface area contributed by atoms with Crippen molar-refractivity contribution in [2.75, 3.05) is 13.1 Å². The zero-order chi connectivity index (χ0) is 10.2. The van der Waals surface area contributed by atoms with Crippen LogP contribution in [-0.4, -0.2) is 35.1 Å². The molecule has 1 amide bonds. The molecule has 76 valence electrons. The Morgan fingerprint density at radius 2 is 2.15 bits per heavy atom. The summed E-state index contributed by atoms with van der Waals surface area (Å²) in [7, 11) is 0. The minimum absolute atomic E-state index is 0.0781. The normalized spacial score (nSPS) is 33.6. The van der Waals surface area contributed by atoms with Gasteiger partial charge in [-0.3, -0.25) is 4.79 Å². The molecule has 13 heavy (non-hydrogen) atoms. The van der Waals surface area contributed by atoms with Gasteiger partial charge in [0.1, 0.15) is 0 Å². The first-order chi connectivity index (χ1) is 5.90. The molecule has 0 unspecified atom stereocenters. The van der Waals surface area contributed by atoms with E-state index in [1.165, 1.54) is 0 Å². The number of aliphatic hydroxyl groups excluding tert-OH is 1. The van der Waals surface area contributed by atoms with Crippen molar-refractivity contribution in [3.05, 3.63) is 0 Å². The maximum Gasteiger partial charge on any atom is 0.228 e. The Kier molecular flexibility index (Phi) is 2.66. The Morgan fingerprint density at radius 3 is 2.62 bits per heavy atom. The summed E-state index contributed by atoms with van der Waals surface area (Å²) in [5.41, 5.74) is -0.177. The van der Waals surface area contributed by atoms with Gasteiger partial charge in [-0.05, 0) is 6.92 Å². The highest BCUT2D eigenvalue weighted by Gasteiger charge is 2.43. The number of likely N-dealkylation sites (tertiary alicyclic amines) is 1. The van der Waals surface area contributed by atoms with Crippen LogP contribution in [0.3, 0.4) is 0 Å². The largest absolute Gasteiger partial charge is 0.392 e. The van der Waals surface area contributed by atoms with E-state index in [0.717, 1.165) is 6.54 Å². The number of hydrogen-bond donors (Lipinski definition) is 1. The topological polar surface area (TPSA) is 40.5 Å². The molecule has 0 aromatic rings. The van der Waals surface area contributed by atoms with Crippen molar-refractivity contribution in [2.24, 2.45) is 11.3 Å². The minimum Gasteiger partial charge on any atom is -0.392 e. The number of hydrogen-bond acceptors (Lipinski definition) is 2. The molecular formula is C10H19NO2. The molecule has 0 spiro atoms. The van der Waals surface area contributed by atoms with Crippen LogP contribution in [0.5, 0.6) is 0 Å². The van der Waals surface area contributed by atoms with Crippen LogP contribution >= 0.6 is 0 Å². The third-order valence-corrected chi connectivity index (χ3v) is 2.96. The van der Waals surface area contributed by atoms with Crippen LogP contribution in [0.1, 0.15) is 27.7 Å². The van der Waals surface area contributed by atoms with Gasteiger partial charge in [0.05, 0.1) is 12.0 Å². The standard InChI is InChI=1S/C10H19NO2/c1-5-11-6-10(3,4)8(12)7(2)9(11)13/h7-8,12H,5-6H2,1-4H3/t7-,8-/m0/s1. The highest BCUT2D eigenvalue weighted by Crippen LogP contribution is 2.32. The number of piperidine rings is 1. The summed E-state index contributed by atoms with van der Waals surface area (Å²) in [5, 5.41) is 9.84. The van der Waals surface area contributed by atoms with Crippen LogP contribution < -0.4 is 0 Å². The van der Waals surface area contributed by atoms with Crippen LogP contribution in [0.15, 0.2) is 0 Å². The summed E-state index contributed by atoms with van der Waals surface area (Å²) >= 11 is 0. The van der Waals surface area contributed by atoms with Gasteiger partial charge in [0.2, 0.25) is 5.91 Å². The van der Waals surface area contributed by atoms with E-state index in [1.807, 2.05) is 25.7 Å². The number of carbonyl (C=O) groups is 1. The highest BCUT2D eigenvalue weighted by atomic mass is 16.3. The number of amides is 1. The van der Waals surface area contributed by atoms with Crippen LogP contribution in [-0.2, 0) is 4.79 Å². The van der Waals surface area contributed by atoms with Gasteiger partial charge in [0.15, 0.2) is 0 Å². The van der Waals surface area contributed by atoms with Crippen molar-refractivity contribution in [2.45, 2.75) is 33.8 Å². The molecule has 0 bridgehead atoms. The minimum atomic E-state index is -0.511. The summed E-state index contributed by atoms with van der Waals surface area (Å²) in [6.07, 6.45) is -0.511. The zero-order valence-corrected chi connectivity index (χ0v) is 8.87. The van der Waals surface area contributed by atoms with Crippen molar-refractivity contribution in [1.29, 1.82) is 0 Å². The molecule has 3 nitrogen and oxygen atoms in total. The Morgan fingerprint density at radius 1 is 1.62 bits per heavy atom. The molecule has 1 aliphatic rings. The summed E-state index contributed by atoms with van der Waals surface area (Å²) in [6.45, 7) is 9.18. The summed E-state index contributed by atoms with van der Waals surface area (Å²) in [5.74, 6) is -0.182. The van der Waals surface area contributed by atoms with Gasteiger partial charge in [-0.2, -0.15) is 0 Å². The molecule has 1 rings (SSSR count). The fraction of sp³-hybridized carbons (Fsp3) is 0.900. The molecular weight excluding hydrogens is 166 g/mol. The first-order valence-corrected chi connectivity index (χ1v) is 4.87. The number of carbonyl (C=O) groups excluding carboxylic acids is 1. The highest BCUT2D eigenvalue weighted by molar-refractivity contribution is 5.80. The maximum absolute atomic E-state index is 11.6. The van der Waals surface area contributed by atoms with Gasteiger partial charge in [-0.25, -0.2) is 0 Å². The van der Waals surface area contributed by atoms with Gasteiger partial charge >= 0.3 is 0 Å². The third-order valence-electron chi connectivity index (χ3n) is 2.96. The lowest BCUT2D eigenvalue weighted by molar-refractivity contribution is -0.153. The van der Waals surface area contributed by atoms with Crippen LogP contribution in [0.4, 0.5) is 0 Å². The number of aliphatic hydroxyl groups is 1. The summed E-state index contributed by atoms with van der Waals surface area (Å²) < 4.78 is 0. The van der Waals surface area contributed by atoms with E-state index in [-0.39, 0.29) is 17.2 Å². The monoisotopic (exact) mass is 185 g/mol. The predicted octanol–water partition coefficient (Wildman–Crippen LogP) is 0.872. The Bertz CT molecular complexity index is 209. The van der Waals surface area contributed by atoms with Crippen molar-refractivity contribution in [3.8, 4) is 0 Å². The maximum atomic E-state index is 11.6. The lowest BCUT2D eigenvalue weighted by atomic mass is 9.76. The Labute approximate surface area is 79.7 Å². The molecule has 1 N–H and O–H groups in total. The van der Waals surface area contributed by atoms with Gasteiger partial charge in [-0.1, -0.05) is 20.8 Å². The van der Waals surface area contributed by atoms with Gasteiger partial charge in [0.25, 0.3) is 0 Å². The van der Waals surface area contributed by atoms with E-state index in [0.29, 0.717) is 6.54 Å². The molecule has 1 heterocycles. The molecule has 1 aliphatic heterocycles. The molecule has 1 saturated heterocycles. The average Bonchev–Trinajstić information content (AvgIpc) is 2.08. The van der Waals surface area contributed by atoms with E-state index in [2.05, 4.69) is 0 Å². The first kappa shape index (κ1) is 10.5. The van der Waals surface area contributed by atoms with E-state index in [1.54, 1.807) is 6.92 Å². The molecule has 3 heteroatoms. The van der Waals surface area contributed by atoms with Crippen molar-refractivity contribution >= 4 is 5.91 Å². The van der Waals surface area contributed by atoms with Gasteiger partial charge in [-0.15, -0.1) is 0 Å². The first-order valence-electron chi connectivity index (χ1n) is 4.87. The van der Waals surface area contributed by atoms with Crippen molar-refractivity contribution < 1.29 is 9.90 Å². The zero-order valence-electron chi connectivity index (χ0n) is 8.87. The van der Waals surface area contributed by atoms with E-state index in [4.69, 9.17) is 0 Å². The van der Waals surface area contributed by atoms with Crippen molar-refractivity contribution in [3.63, 3.8) is 0 Å². The summed E-state index contributed by atoms with van der Waals surface area (Å²) in [4.78, 5) is 13.4. The SMILES string of the molecule is CCN1CC(C)(C)[C@@H](O)[C@H](C)C1=O. The molecule has 0 saturated carbocycles. The number of rotatable bonds is 1. The second-order valence-corrected chi connectivity index (χ2v) is 4.57. The predicted molar refractivity (Wildman–Crippen MR) is 51.2 cm³/mol. The fourth-order valence-electron chi connectivity index (χ4n) is 2.03. The van der Waals surface area contributed by atoms with E-state index < -0.39 is 6.10 Å². The molecule has 2 atom stereocenters. The third kappa shape index (κ3) is 1.70. The Balaban J connectivity index is 2.85. The lowest BCUT2D eigenvalue weighted by Crippen LogP contribution is -2.56.